The summed E-state index contributed by atoms with van der Waals surface area (Å²) >= 11 is 1.23. The van der Waals surface area contributed by atoms with Gasteiger partial charge in [0.2, 0.25) is 5.91 Å². The summed E-state index contributed by atoms with van der Waals surface area (Å²) in [7, 11) is 0. The van der Waals surface area contributed by atoms with Gasteiger partial charge in [-0.05, 0) is 37.1 Å². The summed E-state index contributed by atoms with van der Waals surface area (Å²) in [5.41, 5.74) is 5.43. The molecule has 0 saturated heterocycles. The first kappa shape index (κ1) is 23.9. The zero-order valence-electron chi connectivity index (χ0n) is 19.9. The zero-order valence-corrected chi connectivity index (χ0v) is 20.8. The quantitative estimate of drug-likeness (QED) is 0.493. The van der Waals surface area contributed by atoms with Crippen molar-refractivity contribution < 1.29 is 14.0 Å². The van der Waals surface area contributed by atoms with Crippen LogP contribution in [0.5, 0.6) is 0 Å². The van der Waals surface area contributed by atoms with E-state index in [1.54, 1.807) is 17.1 Å². The number of carbonyl (C=O) groups excluding carboxylic acids is 2. The van der Waals surface area contributed by atoms with Gasteiger partial charge in [0.1, 0.15) is 11.1 Å². The Hall–Kier alpha value is -3.78. The molecule has 0 aromatic heterocycles. The van der Waals surface area contributed by atoms with Crippen LogP contribution in [0.25, 0.3) is 0 Å². The number of hydrazone groups is 1. The van der Waals surface area contributed by atoms with Gasteiger partial charge in [-0.25, -0.2) is 9.40 Å². The molecule has 2 atom stereocenters. The second-order valence-electron chi connectivity index (χ2n) is 8.96. The molecule has 3 aromatic carbocycles. The van der Waals surface area contributed by atoms with Crippen LogP contribution in [0, 0.1) is 19.7 Å². The molecule has 0 spiro atoms. The summed E-state index contributed by atoms with van der Waals surface area (Å²) in [5.74, 6) is -1.35. The largest absolute Gasteiger partial charge is 0.324 e. The standard InChI is InChI=1S/C28H25FN4O2S/c1-17-7-11-19(12-8-17)23-15-24(20-13-9-18(2)10-14-20)33(32-23)28-31-27(35)25(36-28)16-26(34)30-22-6-4-3-5-21(22)29/h3-14,24-25H,15-16H2,1-2H3,(H,30,34)/t24-,25-/m1/s1. The van der Waals surface area contributed by atoms with Crippen LogP contribution in [0.3, 0.4) is 0 Å². The van der Waals surface area contributed by atoms with Crippen LogP contribution in [0.4, 0.5) is 10.1 Å². The average molecular weight is 501 g/mol. The molecule has 2 aliphatic rings. The van der Waals surface area contributed by atoms with Crippen molar-refractivity contribution in [2.45, 2.75) is 38.0 Å². The molecule has 0 fully saturated rings. The number of halogens is 1. The molecule has 0 saturated carbocycles. The van der Waals surface area contributed by atoms with Crippen molar-refractivity contribution >= 4 is 40.1 Å². The highest BCUT2D eigenvalue weighted by atomic mass is 32.2. The topological polar surface area (TPSA) is 74.1 Å². The number of aryl methyl sites for hydroxylation is 2. The summed E-state index contributed by atoms with van der Waals surface area (Å²) in [6, 6.07) is 22.3. The van der Waals surface area contributed by atoms with E-state index in [9.17, 15) is 14.0 Å². The number of amides is 2. The van der Waals surface area contributed by atoms with Gasteiger partial charge >= 0.3 is 0 Å². The molecule has 36 heavy (non-hydrogen) atoms. The maximum Gasteiger partial charge on any atom is 0.262 e. The fourth-order valence-electron chi connectivity index (χ4n) is 4.19. The highest BCUT2D eigenvalue weighted by Gasteiger charge is 2.39. The Morgan fingerprint density at radius 1 is 1.03 bits per heavy atom. The van der Waals surface area contributed by atoms with E-state index in [0.717, 1.165) is 22.4 Å². The highest BCUT2D eigenvalue weighted by Crippen LogP contribution is 2.38. The van der Waals surface area contributed by atoms with Crippen LogP contribution in [-0.2, 0) is 9.59 Å². The molecular formula is C28H25FN4O2S. The van der Waals surface area contributed by atoms with Gasteiger partial charge in [-0.3, -0.25) is 9.59 Å². The van der Waals surface area contributed by atoms with Crippen molar-refractivity contribution in [1.29, 1.82) is 0 Å². The average Bonchev–Trinajstić information content (AvgIpc) is 3.45. The van der Waals surface area contributed by atoms with Crippen molar-refractivity contribution in [1.82, 2.24) is 5.01 Å². The lowest BCUT2D eigenvalue weighted by Gasteiger charge is -2.23. The fraction of sp³-hybridized carbons (Fsp3) is 0.214. The van der Waals surface area contributed by atoms with Gasteiger partial charge in [-0.15, -0.1) is 0 Å². The normalized spacial score (nSPS) is 19.3. The number of hydrogen-bond acceptors (Lipinski definition) is 5. The highest BCUT2D eigenvalue weighted by molar-refractivity contribution is 8.15. The van der Waals surface area contributed by atoms with Gasteiger partial charge < -0.3 is 5.32 Å². The predicted octanol–water partition coefficient (Wildman–Crippen LogP) is 5.62. The van der Waals surface area contributed by atoms with E-state index >= 15 is 0 Å². The minimum Gasteiger partial charge on any atom is -0.324 e. The van der Waals surface area contributed by atoms with Crippen LogP contribution in [0.15, 0.2) is 82.9 Å². The summed E-state index contributed by atoms with van der Waals surface area (Å²) in [6.45, 7) is 4.08. The van der Waals surface area contributed by atoms with Gasteiger partial charge in [0.25, 0.3) is 5.91 Å². The summed E-state index contributed by atoms with van der Waals surface area (Å²) in [4.78, 5) is 29.5. The maximum absolute atomic E-state index is 13.9. The summed E-state index contributed by atoms with van der Waals surface area (Å²) in [6.07, 6.45) is 0.556. The van der Waals surface area contributed by atoms with E-state index in [2.05, 4.69) is 58.8 Å². The van der Waals surface area contributed by atoms with Crippen molar-refractivity contribution in [3.63, 3.8) is 0 Å². The third-order valence-electron chi connectivity index (χ3n) is 6.20. The number of benzene rings is 3. The third-order valence-corrected chi connectivity index (χ3v) is 7.34. The molecule has 1 N–H and O–H groups in total. The van der Waals surface area contributed by atoms with Crippen LogP contribution >= 0.6 is 11.8 Å². The number of para-hydroxylation sites is 1. The van der Waals surface area contributed by atoms with E-state index in [4.69, 9.17) is 5.10 Å². The van der Waals surface area contributed by atoms with Crippen molar-refractivity contribution in [3.05, 3.63) is 101 Å². The Kier molecular flexibility index (Phi) is 6.69. The Balaban J connectivity index is 1.36. The molecule has 5 rings (SSSR count). The lowest BCUT2D eigenvalue weighted by molar-refractivity contribution is -0.121. The van der Waals surface area contributed by atoms with Gasteiger partial charge in [0.15, 0.2) is 5.17 Å². The minimum absolute atomic E-state index is 0.0883. The van der Waals surface area contributed by atoms with Crippen molar-refractivity contribution in [2.75, 3.05) is 5.32 Å². The molecule has 8 heteroatoms. The minimum atomic E-state index is -0.691. The Labute approximate surface area is 213 Å². The fourth-order valence-corrected chi connectivity index (χ4v) is 5.25. The lowest BCUT2D eigenvalue weighted by Crippen LogP contribution is -2.25. The van der Waals surface area contributed by atoms with E-state index in [1.807, 2.05) is 13.8 Å². The van der Waals surface area contributed by atoms with Crippen LogP contribution in [0.2, 0.25) is 0 Å². The summed E-state index contributed by atoms with van der Waals surface area (Å²) < 4.78 is 13.9. The SMILES string of the molecule is Cc1ccc(C2=NN(C3=NC(=O)[C@@H](CC(=O)Nc4ccccc4F)S3)[C@@H](c3ccc(C)cc3)C2)cc1. The predicted molar refractivity (Wildman–Crippen MR) is 142 cm³/mol. The van der Waals surface area contributed by atoms with Crippen molar-refractivity contribution in [3.8, 4) is 0 Å². The molecule has 182 valence electrons. The molecule has 2 amide bonds. The Morgan fingerprint density at radius 3 is 2.39 bits per heavy atom. The maximum atomic E-state index is 13.9. The first-order valence-electron chi connectivity index (χ1n) is 11.7. The van der Waals surface area contributed by atoms with E-state index in [0.29, 0.717) is 11.6 Å². The molecular weight excluding hydrogens is 475 g/mol. The van der Waals surface area contributed by atoms with E-state index in [1.165, 1.54) is 29.5 Å². The van der Waals surface area contributed by atoms with E-state index in [-0.39, 0.29) is 24.1 Å². The molecule has 0 aliphatic carbocycles. The second-order valence-corrected chi connectivity index (χ2v) is 10.1. The monoisotopic (exact) mass is 500 g/mol. The molecule has 6 nitrogen and oxygen atoms in total. The number of carbonyl (C=O) groups is 2. The van der Waals surface area contributed by atoms with Gasteiger partial charge in [-0.1, -0.05) is 83.6 Å². The van der Waals surface area contributed by atoms with Crippen LogP contribution in [0.1, 0.15) is 41.1 Å². The zero-order chi connectivity index (χ0) is 25.2. The second kappa shape index (κ2) is 10.1. The molecule has 0 bridgehead atoms. The lowest BCUT2D eigenvalue weighted by atomic mass is 9.97. The molecule has 3 aromatic rings. The first-order valence-corrected chi connectivity index (χ1v) is 12.6. The summed E-state index contributed by atoms with van der Waals surface area (Å²) in [5, 5.41) is 9.00. The Bertz CT molecular complexity index is 1370. The number of thioether (sulfide) groups is 1. The number of anilines is 1. The number of hydrogen-bond donors (Lipinski definition) is 1. The van der Waals surface area contributed by atoms with Crippen LogP contribution < -0.4 is 5.32 Å². The van der Waals surface area contributed by atoms with Crippen LogP contribution in [-0.4, -0.2) is 33.0 Å². The van der Waals surface area contributed by atoms with Gasteiger partial charge in [-0.2, -0.15) is 10.1 Å². The smallest absolute Gasteiger partial charge is 0.262 e. The number of nitrogens with zero attached hydrogens (tertiary/aromatic N) is 3. The number of rotatable bonds is 5. The molecule has 0 radical (unpaired) electrons. The first-order chi connectivity index (χ1) is 17.4. The number of nitrogens with one attached hydrogen (secondary N) is 1. The van der Waals surface area contributed by atoms with Crippen molar-refractivity contribution in [2.24, 2.45) is 10.1 Å². The molecule has 2 aliphatic heterocycles. The number of aliphatic imine (C=N–C) groups is 1. The molecule has 0 unspecified atom stereocenters. The van der Waals surface area contributed by atoms with E-state index < -0.39 is 17.0 Å². The van der Waals surface area contributed by atoms with Gasteiger partial charge in [0, 0.05) is 12.8 Å². The van der Waals surface area contributed by atoms with Gasteiger partial charge in [0.05, 0.1) is 17.4 Å². The third kappa shape index (κ3) is 5.09. The molecule has 2 heterocycles. The Morgan fingerprint density at radius 2 is 1.69 bits per heavy atom. The number of amidine groups is 1.